The van der Waals surface area contributed by atoms with Gasteiger partial charge in [0.15, 0.2) is 0 Å². The Labute approximate surface area is 121 Å². The van der Waals surface area contributed by atoms with Gasteiger partial charge >= 0.3 is 0 Å². The fourth-order valence-corrected chi connectivity index (χ4v) is 3.23. The molecule has 0 radical (unpaired) electrons. The second-order valence-electron chi connectivity index (χ2n) is 4.38. The Morgan fingerprint density at radius 1 is 1.43 bits per heavy atom. The molecule has 0 aromatic heterocycles. The number of rotatable bonds is 6. The summed E-state index contributed by atoms with van der Waals surface area (Å²) in [5, 5.41) is 19.6. The summed E-state index contributed by atoms with van der Waals surface area (Å²) in [5.41, 5.74) is -1.89. The lowest BCUT2D eigenvalue weighted by atomic mass is 9.97. The van der Waals surface area contributed by atoms with Crippen molar-refractivity contribution in [1.82, 2.24) is 4.72 Å². The summed E-state index contributed by atoms with van der Waals surface area (Å²) in [6.45, 7) is 3.25. The van der Waals surface area contributed by atoms with Crippen molar-refractivity contribution in [3.63, 3.8) is 0 Å². The van der Waals surface area contributed by atoms with Crippen LogP contribution >= 0.6 is 0 Å². The number of nitro groups is 1. The summed E-state index contributed by atoms with van der Waals surface area (Å²) < 4.78 is 40.3. The third-order valence-electron chi connectivity index (χ3n) is 3.17. The molecule has 0 aliphatic rings. The molecule has 0 aliphatic carbocycles. The number of nitro benzene ring substituents is 1. The number of hydrogen-bond acceptors (Lipinski definition) is 5. The van der Waals surface area contributed by atoms with Crippen LogP contribution in [0.4, 0.5) is 10.1 Å². The van der Waals surface area contributed by atoms with Crippen molar-refractivity contribution in [1.29, 1.82) is 5.26 Å². The van der Waals surface area contributed by atoms with Crippen LogP contribution in [0, 0.1) is 27.3 Å². The number of non-ortho nitro benzene ring substituents is 1. The summed E-state index contributed by atoms with van der Waals surface area (Å²) in [5.74, 6) is -1.24. The maximum absolute atomic E-state index is 13.8. The van der Waals surface area contributed by atoms with Gasteiger partial charge in [0, 0.05) is 6.07 Å². The largest absolute Gasteiger partial charge is 0.272 e. The lowest BCUT2D eigenvalue weighted by Crippen LogP contribution is -2.46. The number of nitrogens with zero attached hydrogens (tertiary/aromatic N) is 2. The summed E-state index contributed by atoms with van der Waals surface area (Å²) in [6.07, 6.45) is 0.404. The second kappa shape index (κ2) is 6.15. The molecule has 114 valence electrons. The van der Waals surface area contributed by atoms with Crippen molar-refractivity contribution in [2.24, 2.45) is 0 Å². The number of nitrogens with one attached hydrogen (secondary N) is 1. The van der Waals surface area contributed by atoms with Gasteiger partial charge in [0.05, 0.1) is 17.1 Å². The Kier molecular flexibility index (Phi) is 4.98. The van der Waals surface area contributed by atoms with Crippen molar-refractivity contribution in [3.05, 3.63) is 34.1 Å². The van der Waals surface area contributed by atoms with Crippen molar-refractivity contribution >= 4 is 15.7 Å². The lowest BCUT2D eigenvalue weighted by Gasteiger charge is -2.24. The minimum Gasteiger partial charge on any atom is -0.258 e. The van der Waals surface area contributed by atoms with E-state index in [9.17, 15) is 22.9 Å². The first kappa shape index (κ1) is 17.0. The average Bonchev–Trinajstić information content (AvgIpc) is 2.44. The molecular weight excluding hydrogens is 301 g/mol. The molecule has 0 unspecified atom stereocenters. The number of hydrogen-bond donors (Lipinski definition) is 1. The number of halogens is 1. The number of sulfonamides is 1. The molecule has 1 aromatic rings. The van der Waals surface area contributed by atoms with Crippen LogP contribution in [0.3, 0.4) is 0 Å². The molecule has 1 aromatic carbocycles. The van der Waals surface area contributed by atoms with Gasteiger partial charge in [-0.3, -0.25) is 10.1 Å². The minimum atomic E-state index is -4.30. The van der Waals surface area contributed by atoms with Crippen LogP contribution in [-0.2, 0) is 10.0 Å². The van der Waals surface area contributed by atoms with Crippen LogP contribution in [0.25, 0.3) is 0 Å². The predicted molar refractivity (Wildman–Crippen MR) is 72.3 cm³/mol. The molecule has 21 heavy (non-hydrogen) atoms. The molecule has 0 heterocycles. The van der Waals surface area contributed by atoms with Crippen molar-refractivity contribution in [3.8, 4) is 6.07 Å². The first-order valence-corrected chi connectivity index (χ1v) is 7.59. The highest BCUT2D eigenvalue weighted by molar-refractivity contribution is 7.89. The van der Waals surface area contributed by atoms with Gasteiger partial charge in [-0.1, -0.05) is 13.8 Å². The van der Waals surface area contributed by atoms with E-state index in [1.165, 1.54) is 0 Å². The molecule has 0 saturated carbocycles. The van der Waals surface area contributed by atoms with Gasteiger partial charge in [0.2, 0.25) is 10.0 Å². The topological polar surface area (TPSA) is 113 Å². The fraction of sp³-hybridized carbons (Fsp3) is 0.417. The van der Waals surface area contributed by atoms with Crippen LogP contribution in [0.2, 0.25) is 0 Å². The van der Waals surface area contributed by atoms with Gasteiger partial charge in [-0.05, 0) is 18.9 Å². The molecule has 1 rings (SSSR count). The van der Waals surface area contributed by atoms with E-state index in [0.29, 0.717) is 6.07 Å². The van der Waals surface area contributed by atoms with Gasteiger partial charge in [-0.25, -0.2) is 12.8 Å². The Morgan fingerprint density at radius 3 is 2.38 bits per heavy atom. The van der Waals surface area contributed by atoms with Crippen molar-refractivity contribution in [2.75, 3.05) is 0 Å². The van der Waals surface area contributed by atoms with Gasteiger partial charge < -0.3 is 0 Å². The van der Waals surface area contributed by atoms with Crippen molar-refractivity contribution in [2.45, 2.75) is 37.1 Å². The highest BCUT2D eigenvalue weighted by Crippen LogP contribution is 2.23. The molecule has 0 bridgehead atoms. The van der Waals surface area contributed by atoms with E-state index in [1.807, 2.05) is 6.07 Å². The third-order valence-corrected chi connectivity index (χ3v) is 4.74. The quantitative estimate of drug-likeness (QED) is 0.638. The first-order valence-electron chi connectivity index (χ1n) is 6.10. The maximum atomic E-state index is 13.8. The SMILES string of the molecule is CCC(C#N)(CC)NS(=O)(=O)c1ccc([N+](=O)[O-])cc1F. The van der Waals surface area contributed by atoms with E-state index in [2.05, 4.69) is 4.72 Å². The highest BCUT2D eigenvalue weighted by atomic mass is 32.2. The Morgan fingerprint density at radius 2 is 2.00 bits per heavy atom. The van der Waals surface area contributed by atoms with E-state index in [4.69, 9.17) is 5.26 Å². The Bertz CT molecular complexity index is 693. The molecule has 0 atom stereocenters. The summed E-state index contributed by atoms with van der Waals surface area (Å²) in [7, 11) is -4.30. The molecule has 9 heteroatoms. The molecule has 0 saturated heterocycles. The van der Waals surface area contributed by atoms with Crippen LogP contribution < -0.4 is 4.72 Å². The zero-order valence-corrected chi connectivity index (χ0v) is 12.3. The average molecular weight is 315 g/mol. The minimum absolute atomic E-state index is 0.202. The predicted octanol–water partition coefficient (Wildman–Crippen LogP) is 2.09. The van der Waals surface area contributed by atoms with Crippen LogP contribution in [0.1, 0.15) is 26.7 Å². The van der Waals surface area contributed by atoms with Crippen LogP contribution in [0.15, 0.2) is 23.1 Å². The van der Waals surface area contributed by atoms with E-state index in [1.54, 1.807) is 13.8 Å². The first-order chi connectivity index (χ1) is 9.71. The van der Waals surface area contributed by atoms with Gasteiger partial charge in [-0.15, -0.1) is 0 Å². The van der Waals surface area contributed by atoms with Gasteiger partial charge in [-0.2, -0.15) is 9.98 Å². The normalized spacial score (nSPS) is 11.9. The molecule has 0 fully saturated rings. The zero-order chi connectivity index (χ0) is 16.3. The standard InChI is InChI=1S/C12H14FN3O4S/c1-3-12(4-2,8-14)15-21(19,20)11-6-5-9(16(17)18)7-10(11)13/h5-7,15H,3-4H2,1-2H3. The Balaban J connectivity index is 3.27. The van der Waals surface area contributed by atoms with Crippen molar-refractivity contribution < 1.29 is 17.7 Å². The maximum Gasteiger partial charge on any atom is 0.272 e. The van der Waals surface area contributed by atoms with Crippen LogP contribution in [0.5, 0.6) is 0 Å². The van der Waals surface area contributed by atoms with Gasteiger partial charge in [0.25, 0.3) is 5.69 Å². The molecule has 1 N–H and O–H groups in total. The number of benzene rings is 1. The highest BCUT2D eigenvalue weighted by Gasteiger charge is 2.33. The summed E-state index contributed by atoms with van der Waals surface area (Å²) >= 11 is 0. The van der Waals surface area contributed by atoms with E-state index < -0.39 is 36.9 Å². The smallest absolute Gasteiger partial charge is 0.258 e. The fourth-order valence-electron chi connectivity index (χ4n) is 1.71. The molecule has 0 amide bonds. The Hall–Kier alpha value is -2.05. The van der Waals surface area contributed by atoms with E-state index >= 15 is 0 Å². The molecule has 0 spiro atoms. The zero-order valence-electron chi connectivity index (χ0n) is 11.5. The monoisotopic (exact) mass is 315 g/mol. The summed E-state index contributed by atoms with van der Waals surface area (Å²) in [4.78, 5) is 8.96. The van der Waals surface area contributed by atoms with E-state index in [0.717, 1.165) is 12.1 Å². The van der Waals surface area contributed by atoms with Crippen LogP contribution in [-0.4, -0.2) is 18.9 Å². The lowest BCUT2D eigenvalue weighted by molar-refractivity contribution is -0.385. The number of nitriles is 1. The molecule has 7 nitrogen and oxygen atoms in total. The van der Waals surface area contributed by atoms with E-state index in [-0.39, 0.29) is 12.8 Å². The molecular formula is C12H14FN3O4S. The third kappa shape index (κ3) is 3.53. The summed E-state index contributed by atoms with van der Waals surface area (Å²) in [6, 6.07) is 4.10. The second-order valence-corrected chi connectivity index (χ2v) is 6.03. The molecule has 0 aliphatic heterocycles. The van der Waals surface area contributed by atoms with Gasteiger partial charge in [0.1, 0.15) is 16.3 Å².